The molecule has 84 valence electrons. The summed E-state index contributed by atoms with van der Waals surface area (Å²) in [6.07, 6.45) is 7.89. The van der Waals surface area contributed by atoms with Crippen molar-refractivity contribution in [1.82, 2.24) is 4.90 Å². The van der Waals surface area contributed by atoms with Crippen molar-refractivity contribution in [2.24, 2.45) is 16.7 Å². The predicted octanol–water partition coefficient (Wildman–Crippen LogP) is 2.44. The molecule has 1 amide bonds. The minimum absolute atomic E-state index is 0.306. The average molecular weight is 207 g/mol. The highest BCUT2D eigenvalue weighted by atomic mass is 16.2. The Morgan fingerprint density at radius 1 is 1.33 bits per heavy atom. The lowest BCUT2D eigenvalue weighted by Gasteiger charge is -2.72. The van der Waals surface area contributed by atoms with E-state index in [0.717, 1.165) is 17.9 Å². The third kappa shape index (κ3) is 1.26. The molecule has 0 spiro atoms. The van der Waals surface area contributed by atoms with Gasteiger partial charge in [0.15, 0.2) is 0 Å². The van der Waals surface area contributed by atoms with E-state index >= 15 is 0 Å². The summed E-state index contributed by atoms with van der Waals surface area (Å²) < 4.78 is 0. The molecular formula is C13H21NO. The lowest BCUT2D eigenvalue weighted by molar-refractivity contribution is -0.224. The van der Waals surface area contributed by atoms with E-state index in [2.05, 4.69) is 0 Å². The second kappa shape index (κ2) is 2.78. The van der Waals surface area contributed by atoms with Crippen molar-refractivity contribution < 1.29 is 4.79 Å². The van der Waals surface area contributed by atoms with Crippen molar-refractivity contribution >= 4 is 5.91 Å². The van der Waals surface area contributed by atoms with E-state index in [-0.39, 0.29) is 0 Å². The maximum Gasteiger partial charge on any atom is 0.222 e. The summed E-state index contributed by atoms with van der Waals surface area (Å²) in [6.45, 7) is 2.97. The molecule has 4 aliphatic carbocycles. The molecule has 0 aliphatic heterocycles. The molecule has 4 saturated carbocycles. The van der Waals surface area contributed by atoms with E-state index < -0.39 is 0 Å². The fourth-order valence-corrected chi connectivity index (χ4v) is 4.24. The zero-order chi connectivity index (χ0) is 10.7. The smallest absolute Gasteiger partial charge is 0.222 e. The van der Waals surface area contributed by atoms with Crippen LogP contribution in [0.2, 0.25) is 0 Å². The molecule has 4 rings (SSSR count). The Labute approximate surface area is 92.0 Å². The molecule has 0 unspecified atom stereocenters. The van der Waals surface area contributed by atoms with Crippen LogP contribution in [0.1, 0.15) is 45.4 Å². The number of carbonyl (C=O) groups excluding carboxylic acids is 1. The molecule has 0 heterocycles. The molecule has 15 heavy (non-hydrogen) atoms. The Morgan fingerprint density at radius 2 is 1.93 bits per heavy atom. The first kappa shape index (κ1) is 9.68. The molecule has 0 aromatic heterocycles. The Bertz CT molecular complexity index is 286. The first-order valence-corrected chi connectivity index (χ1v) is 6.33. The van der Waals surface area contributed by atoms with Gasteiger partial charge in [-0.3, -0.25) is 4.79 Å². The number of hydrogen-bond donors (Lipinski definition) is 0. The Morgan fingerprint density at radius 3 is 2.40 bits per heavy atom. The number of amides is 1. The van der Waals surface area contributed by atoms with Crippen molar-refractivity contribution in [1.29, 1.82) is 0 Å². The fourth-order valence-electron chi connectivity index (χ4n) is 4.24. The van der Waals surface area contributed by atoms with Crippen molar-refractivity contribution in [3.8, 4) is 0 Å². The zero-order valence-electron chi connectivity index (χ0n) is 9.88. The third-order valence-electron chi connectivity index (χ3n) is 4.93. The standard InChI is InChI=1S/C13H21NO/c1-3-11(15)14(2)9-12-6-13(7-12,8-12)10-4-5-10/h10H,3-9H2,1-2H3. The van der Waals surface area contributed by atoms with Crippen LogP contribution in [0, 0.1) is 16.7 Å². The monoisotopic (exact) mass is 207 g/mol. The van der Waals surface area contributed by atoms with E-state index in [1.807, 2.05) is 18.9 Å². The molecule has 0 aromatic rings. The minimum atomic E-state index is 0.306. The Balaban J connectivity index is 1.53. The Hall–Kier alpha value is -0.530. The third-order valence-corrected chi connectivity index (χ3v) is 4.93. The first-order valence-electron chi connectivity index (χ1n) is 6.33. The van der Waals surface area contributed by atoms with Gasteiger partial charge in [0.2, 0.25) is 5.91 Å². The van der Waals surface area contributed by atoms with Gasteiger partial charge in [0, 0.05) is 20.0 Å². The normalized spacial score (nSPS) is 41.7. The summed E-state index contributed by atoms with van der Waals surface area (Å²) in [5.41, 5.74) is 1.33. The number of carbonyl (C=O) groups is 1. The molecule has 0 atom stereocenters. The second-order valence-electron chi connectivity index (χ2n) is 6.27. The molecule has 2 heteroatoms. The van der Waals surface area contributed by atoms with E-state index in [1.54, 1.807) is 0 Å². The van der Waals surface area contributed by atoms with Crippen LogP contribution in [0.25, 0.3) is 0 Å². The molecule has 0 saturated heterocycles. The number of hydrogen-bond acceptors (Lipinski definition) is 1. The molecule has 4 fully saturated rings. The molecule has 0 N–H and O–H groups in total. The average Bonchev–Trinajstić information content (AvgIpc) is 2.90. The van der Waals surface area contributed by atoms with E-state index in [9.17, 15) is 4.79 Å². The van der Waals surface area contributed by atoms with Crippen LogP contribution >= 0.6 is 0 Å². The van der Waals surface area contributed by atoms with Gasteiger partial charge >= 0.3 is 0 Å². The lowest BCUT2D eigenvalue weighted by Crippen LogP contribution is -2.66. The van der Waals surface area contributed by atoms with Crippen LogP contribution in [-0.4, -0.2) is 24.4 Å². The van der Waals surface area contributed by atoms with Gasteiger partial charge in [0.1, 0.15) is 0 Å². The first-order chi connectivity index (χ1) is 7.09. The number of rotatable bonds is 4. The summed E-state index contributed by atoms with van der Waals surface area (Å²) >= 11 is 0. The Kier molecular flexibility index (Phi) is 1.79. The maximum absolute atomic E-state index is 11.5. The van der Waals surface area contributed by atoms with Crippen LogP contribution in [-0.2, 0) is 4.79 Å². The molecular weight excluding hydrogens is 186 g/mol. The zero-order valence-corrected chi connectivity index (χ0v) is 9.88. The van der Waals surface area contributed by atoms with Crippen LogP contribution in [0.3, 0.4) is 0 Å². The van der Waals surface area contributed by atoms with Gasteiger partial charge in [-0.1, -0.05) is 6.92 Å². The topological polar surface area (TPSA) is 20.3 Å². The molecule has 2 nitrogen and oxygen atoms in total. The molecule has 2 bridgehead atoms. The summed E-state index contributed by atoms with van der Waals surface area (Å²) in [4.78, 5) is 13.5. The highest BCUT2D eigenvalue weighted by Crippen LogP contribution is 2.79. The number of nitrogens with zero attached hydrogens (tertiary/aromatic N) is 1. The quantitative estimate of drug-likeness (QED) is 0.693. The van der Waals surface area contributed by atoms with Gasteiger partial charge in [-0.2, -0.15) is 0 Å². The van der Waals surface area contributed by atoms with Crippen LogP contribution in [0.15, 0.2) is 0 Å². The molecule has 4 aliphatic rings. The summed E-state index contributed by atoms with van der Waals surface area (Å²) in [6, 6.07) is 0. The van der Waals surface area contributed by atoms with Crippen LogP contribution in [0.5, 0.6) is 0 Å². The van der Waals surface area contributed by atoms with Gasteiger partial charge < -0.3 is 4.90 Å². The maximum atomic E-state index is 11.5. The summed E-state index contributed by atoms with van der Waals surface area (Å²) in [5.74, 6) is 1.38. The van der Waals surface area contributed by atoms with E-state index in [4.69, 9.17) is 0 Å². The lowest BCUT2D eigenvalue weighted by atomic mass is 9.33. The summed E-state index contributed by atoms with van der Waals surface area (Å²) in [5, 5.41) is 0. The van der Waals surface area contributed by atoms with Crippen molar-refractivity contribution in [2.75, 3.05) is 13.6 Å². The second-order valence-corrected chi connectivity index (χ2v) is 6.27. The predicted molar refractivity (Wildman–Crippen MR) is 59.4 cm³/mol. The largest absolute Gasteiger partial charge is 0.345 e. The van der Waals surface area contributed by atoms with E-state index in [0.29, 0.717) is 17.7 Å². The van der Waals surface area contributed by atoms with Crippen LogP contribution in [0.4, 0.5) is 0 Å². The van der Waals surface area contributed by atoms with Gasteiger partial charge in [-0.15, -0.1) is 0 Å². The highest BCUT2D eigenvalue weighted by Gasteiger charge is 2.71. The van der Waals surface area contributed by atoms with Gasteiger partial charge in [0.05, 0.1) is 0 Å². The van der Waals surface area contributed by atoms with Gasteiger partial charge in [-0.05, 0) is 48.9 Å². The fraction of sp³-hybridized carbons (Fsp3) is 0.923. The SMILES string of the molecule is CCC(=O)N(C)CC12CC(C3CC3)(C1)C2. The van der Waals surface area contributed by atoms with E-state index in [1.165, 1.54) is 32.1 Å². The summed E-state index contributed by atoms with van der Waals surface area (Å²) in [7, 11) is 1.97. The highest BCUT2D eigenvalue weighted by molar-refractivity contribution is 5.75. The van der Waals surface area contributed by atoms with Crippen molar-refractivity contribution in [3.63, 3.8) is 0 Å². The van der Waals surface area contributed by atoms with Crippen molar-refractivity contribution in [3.05, 3.63) is 0 Å². The van der Waals surface area contributed by atoms with Gasteiger partial charge in [-0.25, -0.2) is 0 Å². The minimum Gasteiger partial charge on any atom is -0.345 e. The molecule has 0 radical (unpaired) electrons. The van der Waals surface area contributed by atoms with Crippen LogP contribution < -0.4 is 0 Å². The van der Waals surface area contributed by atoms with Gasteiger partial charge in [0.25, 0.3) is 0 Å². The van der Waals surface area contributed by atoms with Crippen molar-refractivity contribution in [2.45, 2.75) is 45.4 Å². The molecule has 0 aromatic carbocycles.